The zero-order chi connectivity index (χ0) is 5.98. The molecule has 1 N–H and O–H groups in total. The highest BCUT2D eigenvalue weighted by atomic mass is 16.7. The minimum absolute atomic E-state index is 0.171. The zero-order valence-corrected chi connectivity index (χ0v) is 5.00. The van der Waals surface area contributed by atoms with Crippen LogP contribution in [-0.2, 0) is 4.84 Å². The molecule has 0 aromatic heterocycles. The molecule has 8 heavy (non-hydrogen) atoms. The first-order chi connectivity index (χ1) is 3.83. The Labute approximate surface area is 48.8 Å². The van der Waals surface area contributed by atoms with Gasteiger partial charge in [-0.25, -0.2) is 0 Å². The van der Waals surface area contributed by atoms with Crippen molar-refractivity contribution in [1.82, 2.24) is 5.06 Å². The Morgan fingerprint density at radius 3 is 2.75 bits per heavy atom. The van der Waals surface area contributed by atoms with Crippen LogP contribution in [0.5, 0.6) is 0 Å². The molecule has 0 aliphatic carbocycles. The van der Waals surface area contributed by atoms with E-state index in [9.17, 15) is 0 Å². The van der Waals surface area contributed by atoms with Crippen LogP contribution >= 0.6 is 0 Å². The molecule has 0 amide bonds. The number of hydroxylamine groups is 2. The standard InChI is InChI=1S/C5H11NO2/c1-8-6-3-2-5(7)4-6/h5,7H,2-4H2,1H3. The van der Waals surface area contributed by atoms with E-state index in [1.54, 1.807) is 12.2 Å². The molecule has 0 bridgehead atoms. The van der Waals surface area contributed by atoms with E-state index in [2.05, 4.69) is 0 Å². The molecule has 0 aromatic rings. The zero-order valence-electron chi connectivity index (χ0n) is 5.00. The minimum Gasteiger partial charge on any atom is -0.392 e. The second kappa shape index (κ2) is 2.44. The summed E-state index contributed by atoms with van der Waals surface area (Å²) in [7, 11) is 1.62. The molecule has 1 saturated heterocycles. The van der Waals surface area contributed by atoms with E-state index >= 15 is 0 Å². The monoisotopic (exact) mass is 117 g/mol. The lowest BCUT2D eigenvalue weighted by Crippen LogP contribution is -2.20. The van der Waals surface area contributed by atoms with Gasteiger partial charge in [0.25, 0.3) is 0 Å². The van der Waals surface area contributed by atoms with Gasteiger partial charge in [0.15, 0.2) is 0 Å². The number of β-amino-alcohol motifs (C(OH)–C–C–N with tert-alkyl or cyclic N) is 1. The van der Waals surface area contributed by atoms with E-state index in [1.807, 2.05) is 0 Å². The molecule has 1 fully saturated rings. The van der Waals surface area contributed by atoms with Crippen LogP contribution in [0.2, 0.25) is 0 Å². The van der Waals surface area contributed by atoms with Crippen molar-refractivity contribution >= 4 is 0 Å². The Kier molecular flexibility index (Phi) is 1.83. The Bertz CT molecular complexity index is 76.8. The van der Waals surface area contributed by atoms with Crippen LogP contribution in [0.1, 0.15) is 6.42 Å². The van der Waals surface area contributed by atoms with E-state index in [4.69, 9.17) is 9.94 Å². The van der Waals surface area contributed by atoms with Crippen molar-refractivity contribution in [3.63, 3.8) is 0 Å². The SMILES string of the molecule is CON1CCC(O)C1. The average Bonchev–Trinajstić information content (AvgIpc) is 2.14. The Balaban J connectivity index is 2.22. The summed E-state index contributed by atoms with van der Waals surface area (Å²) >= 11 is 0. The van der Waals surface area contributed by atoms with Gasteiger partial charge in [-0.2, -0.15) is 5.06 Å². The smallest absolute Gasteiger partial charge is 0.0703 e. The molecule has 1 atom stereocenters. The lowest BCUT2D eigenvalue weighted by Gasteiger charge is -2.09. The molecular weight excluding hydrogens is 106 g/mol. The van der Waals surface area contributed by atoms with Crippen molar-refractivity contribution in [2.45, 2.75) is 12.5 Å². The minimum atomic E-state index is -0.171. The Morgan fingerprint density at radius 2 is 2.50 bits per heavy atom. The highest BCUT2D eigenvalue weighted by Gasteiger charge is 2.18. The Morgan fingerprint density at radius 1 is 1.75 bits per heavy atom. The van der Waals surface area contributed by atoms with Gasteiger partial charge in [-0.3, -0.25) is 0 Å². The van der Waals surface area contributed by atoms with E-state index in [0.717, 1.165) is 13.0 Å². The maximum Gasteiger partial charge on any atom is 0.0703 e. The molecule has 1 rings (SSSR count). The number of hydrogen-bond acceptors (Lipinski definition) is 3. The number of aliphatic hydroxyl groups excluding tert-OH is 1. The van der Waals surface area contributed by atoms with Crippen molar-refractivity contribution in [2.24, 2.45) is 0 Å². The van der Waals surface area contributed by atoms with Crippen molar-refractivity contribution < 1.29 is 9.94 Å². The van der Waals surface area contributed by atoms with Gasteiger partial charge in [-0.15, -0.1) is 0 Å². The molecule has 3 nitrogen and oxygen atoms in total. The highest BCUT2D eigenvalue weighted by Crippen LogP contribution is 2.06. The predicted octanol–water partition coefficient (Wildman–Crippen LogP) is -0.386. The lowest BCUT2D eigenvalue weighted by molar-refractivity contribution is -0.118. The van der Waals surface area contributed by atoms with E-state index in [0.29, 0.717) is 6.54 Å². The molecule has 0 saturated carbocycles. The summed E-state index contributed by atoms with van der Waals surface area (Å²) < 4.78 is 0. The third kappa shape index (κ3) is 1.18. The topological polar surface area (TPSA) is 32.7 Å². The van der Waals surface area contributed by atoms with Gasteiger partial charge in [0.2, 0.25) is 0 Å². The number of rotatable bonds is 1. The van der Waals surface area contributed by atoms with Gasteiger partial charge in [0.1, 0.15) is 0 Å². The molecule has 0 aromatic carbocycles. The van der Waals surface area contributed by atoms with Gasteiger partial charge in [0.05, 0.1) is 19.8 Å². The second-order valence-corrected chi connectivity index (χ2v) is 2.01. The fourth-order valence-corrected chi connectivity index (χ4v) is 0.876. The molecule has 1 aliphatic heterocycles. The van der Waals surface area contributed by atoms with E-state index < -0.39 is 0 Å². The van der Waals surface area contributed by atoms with Gasteiger partial charge < -0.3 is 9.94 Å². The van der Waals surface area contributed by atoms with Crippen LogP contribution in [0, 0.1) is 0 Å². The van der Waals surface area contributed by atoms with Gasteiger partial charge in [0, 0.05) is 6.54 Å². The second-order valence-electron chi connectivity index (χ2n) is 2.01. The first-order valence-electron chi connectivity index (χ1n) is 2.80. The van der Waals surface area contributed by atoms with Gasteiger partial charge in [-0.1, -0.05) is 0 Å². The van der Waals surface area contributed by atoms with Crippen molar-refractivity contribution in [1.29, 1.82) is 0 Å². The lowest BCUT2D eigenvalue weighted by atomic mass is 10.3. The summed E-state index contributed by atoms with van der Waals surface area (Å²) in [5, 5.41) is 10.7. The highest BCUT2D eigenvalue weighted by molar-refractivity contribution is 4.67. The summed E-state index contributed by atoms with van der Waals surface area (Å²) in [5.41, 5.74) is 0. The van der Waals surface area contributed by atoms with Crippen molar-refractivity contribution in [3.8, 4) is 0 Å². The quantitative estimate of drug-likeness (QED) is 0.508. The molecule has 1 heterocycles. The van der Waals surface area contributed by atoms with Crippen molar-refractivity contribution in [2.75, 3.05) is 20.2 Å². The van der Waals surface area contributed by atoms with Crippen LogP contribution in [0.15, 0.2) is 0 Å². The fraction of sp³-hybridized carbons (Fsp3) is 1.00. The number of aliphatic hydroxyl groups is 1. The van der Waals surface area contributed by atoms with E-state index in [-0.39, 0.29) is 6.10 Å². The summed E-state index contributed by atoms with van der Waals surface area (Å²) in [6, 6.07) is 0. The fourth-order valence-electron chi connectivity index (χ4n) is 0.876. The normalized spacial score (nSPS) is 31.5. The first kappa shape index (κ1) is 6.01. The number of nitrogens with zero attached hydrogens (tertiary/aromatic N) is 1. The molecule has 3 heteroatoms. The van der Waals surface area contributed by atoms with Gasteiger partial charge >= 0.3 is 0 Å². The summed E-state index contributed by atoms with van der Waals surface area (Å²) in [4.78, 5) is 4.85. The van der Waals surface area contributed by atoms with Crippen LogP contribution in [0.25, 0.3) is 0 Å². The maximum atomic E-state index is 8.91. The molecule has 1 unspecified atom stereocenters. The van der Waals surface area contributed by atoms with Crippen LogP contribution in [0.4, 0.5) is 0 Å². The largest absolute Gasteiger partial charge is 0.392 e. The van der Waals surface area contributed by atoms with Crippen LogP contribution in [-0.4, -0.2) is 36.5 Å². The molecule has 1 aliphatic rings. The third-order valence-electron chi connectivity index (χ3n) is 1.38. The summed E-state index contributed by atoms with van der Waals surface area (Å²) in [6.45, 7) is 1.52. The molecule has 48 valence electrons. The summed E-state index contributed by atoms with van der Waals surface area (Å²) in [5.74, 6) is 0. The number of hydrogen-bond donors (Lipinski definition) is 1. The Hall–Kier alpha value is -0.120. The molecule has 0 spiro atoms. The van der Waals surface area contributed by atoms with E-state index in [1.165, 1.54) is 0 Å². The molecule has 0 radical (unpaired) electrons. The summed E-state index contributed by atoms with van der Waals surface area (Å²) in [6.07, 6.45) is 0.670. The predicted molar refractivity (Wildman–Crippen MR) is 29.2 cm³/mol. The molecular formula is C5H11NO2. The van der Waals surface area contributed by atoms with Gasteiger partial charge in [-0.05, 0) is 6.42 Å². The van der Waals surface area contributed by atoms with Crippen LogP contribution < -0.4 is 0 Å². The third-order valence-corrected chi connectivity index (χ3v) is 1.38. The van der Waals surface area contributed by atoms with Crippen molar-refractivity contribution in [3.05, 3.63) is 0 Å². The maximum absolute atomic E-state index is 8.91. The van der Waals surface area contributed by atoms with Crippen LogP contribution in [0.3, 0.4) is 0 Å². The average molecular weight is 117 g/mol. The first-order valence-corrected chi connectivity index (χ1v) is 2.80.